The molecule has 0 fully saturated rings. The Morgan fingerprint density at radius 1 is 0.431 bits per heavy atom. The van der Waals surface area contributed by atoms with Crippen LogP contribution < -0.4 is 31.4 Å². The molecule has 0 radical (unpaired) electrons. The van der Waals surface area contributed by atoms with Gasteiger partial charge in [0.2, 0.25) is 0 Å². The van der Waals surface area contributed by atoms with Gasteiger partial charge in [-0.05, 0) is 115 Å². The zero-order valence-corrected chi connectivity index (χ0v) is 43.0. The second kappa shape index (κ2) is 15.7. The molecular formula is C60H66BClN2Si. The van der Waals surface area contributed by atoms with E-state index in [1.807, 2.05) is 0 Å². The zero-order chi connectivity index (χ0) is 46.6. The molecule has 0 aliphatic carbocycles. The number of rotatable bonds is 6. The minimum atomic E-state index is -1.46. The predicted molar refractivity (Wildman–Crippen MR) is 289 cm³/mol. The van der Waals surface area contributed by atoms with Crippen LogP contribution in [0.2, 0.25) is 24.7 Å². The van der Waals surface area contributed by atoms with Crippen molar-refractivity contribution in [1.82, 2.24) is 0 Å². The summed E-state index contributed by atoms with van der Waals surface area (Å²) in [6, 6.07) is 55.8. The van der Waals surface area contributed by atoms with Gasteiger partial charge in [0.05, 0.1) is 13.8 Å². The van der Waals surface area contributed by atoms with Crippen molar-refractivity contribution < 1.29 is 0 Å². The van der Waals surface area contributed by atoms with Crippen LogP contribution in [0.1, 0.15) is 104 Å². The molecule has 0 saturated carbocycles. The third-order valence-electron chi connectivity index (χ3n) is 14.3. The number of hydrogen-bond donors (Lipinski definition) is 0. The van der Waals surface area contributed by atoms with Gasteiger partial charge in [0.15, 0.2) is 0 Å². The maximum absolute atomic E-state index is 7.45. The molecule has 0 bridgehead atoms. The van der Waals surface area contributed by atoms with Crippen molar-refractivity contribution in [2.24, 2.45) is 0 Å². The molecule has 0 saturated heterocycles. The average Bonchev–Trinajstić information content (AvgIpc) is 3.25. The SMILES string of the molecule is CC(C)(C)c1ccc(N2c3ccc(C(C)(C)C)cc3B3c4cc(C(C)(C)c5ccc([Si](C)(C)C)cc5)ccc4N(c4ccc(C(C)(C)C)cc4-c4ccccc4)c4cc(Cl)cc2c43)cc1. The highest BCUT2D eigenvalue weighted by Gasteiger charge is 2.45. The Labute approximate surface area is 396 Å². The molecule has 0 aromatic heterocycles. The second-order valence-corrected chi connectivity index (χ2v) is 28.9. The van der Waals surface area contributed by atoms with Gasteiger partial charge >= 0.3 is 0 Å². The summed E-state index contributed by atoms with van der Waals surface area (Å²) in [5.74, 6) is 0. The van der Waals surface area contributed by atoms with Gasteiger partial charge in [0, 0.05) is 44.4 Å². The molecule has 0 N–H and O–H groups in total. The lowest BCUT2D eigenvalue weighted by atomic mass is 9.33. The van der Waals surface area contributed by atoms with E-state index in [0.29, 0.717) is 5.02 Å². The molecule has 9 rings (SSSR count). The normalized spacial score (nSPS) is 14.0. The molecule has 330 valence electrons. The first kappa shape index (κ1) is 44.9. The van der Waals surface area contributed by atoms with Gasteiger partial charge in [0.25, 0.3) is 6.71 Å². The zero-order valence-electron chi connectivity index (χ0n) is 41.2. The molecule has 0 amide bonds. The van der Waals surface area contributed by atoms with Crippen molar-refractivity contribution in [2.75, 3.05) is 9.80 Å². The van der Waals surface area contributed by atoms with E-state index in [1.54, 1.807) is 0 Å². The molecular weight excluding hydrogens is 823 g/mol. The topological polar surface area (TPSA) is 6.48 Å². The van der Waals surface area contributed by atoms with Crippen molar-refractivity contribution in [3.63, 3.8) is 0 Å². The Hall–Kier alpha value is -5.29. The fourth-order valence-corrected chi connectivity index (χ4v) is 11.4. The maximum atomic E-state index is 7.45. The van der Waals surface area contributed by atoms with Gasteiger partial charge in [-0.2, -0.15) is 0 Å². The minimum absolute atomic E-state index is 0.0330. The molecule has 5 heteroatoms. The van der Waals surface area contributed by atoms with Gasteiger partial charge in [-0.1, -0.05) is 210 Å². The minimum Gasteiger partial charge on any atom is -0.311 e. The van der Waals surface area contributed by atoms with Crippen molar-refractivity contribution in [3.8, 4) is 11.1 Å². The maximum Gasteiger partial charge on any atom is 0.252 e. The lowest BCUT2D eigenvalue weighted by molar-refractivity contribution is 0.590. The number of halogens is 1. The summed E-state index contributed by atoms with van der Waals surface area (Å²) in [6.07, 6.45) is 0. The summed E-state index contributed by atoms with van der Waals surface area (Å²) in [5, 5.41) is 2.20. The summed E-state index contributed by atoms with van der Waals surface area (Å²) in [4.78, 5) is 5.01. The van der Waals surface area contributed by atoms with Crippen LogP contribution in [0.3, 0.4) is 0 Å². The standard InChI is InChI=1S/C60H66BClN2Si/c1-57(2,3)40-20-27-46(28-21-40)63-52-32-25-43(59(7,8)9)35-49(52)61-50-36-44(60(10,11)41-22-29-47(30-23-41)65(12,13)14)26-33-53(50)64(55-38-45(62)37-54(63)56(55)61)51-31-24-42(58(4,5)6)34-48(51)39-18-16-15-17-19-39/h15-38H,1-14H3. The Kier molecular flexibility index (Phi) is 10.8. The van der Waals surface area contributed by atoms with E-state index in [-0.39, 0.29) is 28.4 Å². The highest BCUT2D eigenvalue weighted by Crippen LogP contribution is 2.49. The van der Waals surface area contributed by atoms with Crippen LogP contribution in [0.15, 0.2) is 146 Å². The van der Waals surface area contributed by atoms with Crippen LogP contribution in [0.25, 0.3) is 11.1 Å². The van der Waals surface area contributed by atoms with Crippen LogP contribution in [-0.2, 0) is 21.7 Å². The third-order valence-corrected chi connectivity index (χ3v) is 16.6. The lowest BCUT2D eigenvalue weighted by Crippen LogP contribution is -2.61. The summed E-state index contributed by atoms with van der Waals surface area (Å²) in [5.41, 5.74) is 19.4. The fourth-order valence-electron chi connectivity index (χ4n) is 10.1. The van der Waals surface area contributed by atoms with Crippen molar-refractivity contribution in [2.45, 2.75) is 117 Å². The Balaban J connectivity index is 1.37. The first-order chi connectivity index (χ1) is 30.4. The first-order valence-corrected chi connectivity index (χ1v) is 27.4. The van der Waals surface area contributed by atoms with E-state index < -0.39 is 8.07 Å². The summed E-state index contributed by atoms with van der Waals surface area (Å²) in [6.45, 7) is 32.8. The van der Waals surface area contributed by atoms with Crippen molar-refractivity contribution in [1.29, 1.82) is 0 Å². The highest BCUT2D eigenvalue weighted by atomic mass is 35.5. The molecule has 2 aliphatic heterocycles. The number of fused-ring (bicyclic) bond motifs is 4. The monoisotopic (exact) mass is 888 g/mol. The number of hydrogen-bond acceptors (Lipinski definition) is 2. The lowest BCUT2D eigenvalue weighted by Gasteiger charge is -2.45. The molecule has 0 atom stereocenters. The van der Waals surface area contributed by atoms with Crippen molar-refractivity contribution in [3.05, 3.63) is 178 Å². The van der Waals surface area contributed by atoms with Gasteiger partial charge in [-0.15, -0.1) is 0 Å². The number of anilines is 6. The third kappa shape index (κ3) is 7.99. The van der Waals surface area contributed by atoms with E-state index >= 15 is 0 Å². The van der Waals surface area contributed by atoms with E-state index in [0.717, 1.165) is 22.7 Å². The Morgan fingerprint density at radius 2 is 0.892 bits per heavy atom. The average molecular weight is 890 g/mol. The van der Waals surface area contributed by atoms with Gasteiger partial charge < -0.3 is 9.80 Å². The Morgan fingerprint density at radius 3 is 1.45 bits per heavy atom. The van der Waals surface area contributed by atoms with Crippen LogP contribution >= 0.6 is 11.6 Å². The first-order valence-electron chi connectivity index (χ1n) is 23.6. The molecule has 65 heavy (non-hydrogen) atoms. The van der Waals surface area contributed by atoms with Crippen LogP contribution in [-0.4, -0.2) is 14.8 Å². The molecule has 2 nitrogen and oxygen atoms in total. The van der Waals surface area contributed by atoms with Gasteiger partial charge in [-0.25, -0.2) is 0 Å². The summed E-state index contributed by atoms with van der Waals surface area (Å²) < 4.78 is 0. The molecule has 2 heterocycles. The highest BCUT2D eigenvalue weighted by molar-refractivity contribution is 7.00. The van der Waals surface area contributed by atoms with Gasteiger partial charge in [-0.3, -0.25) is 0 Å². The number of benzene rings is 7. The second-order valence-electron chi connectivity index (χ2n) is 23.4. The van der Waals surface area contributed by atoms with Crippen LogP contribution in [0.4, 0.5) is 34.1 Å². The van der Waals surface area contributed by atoms with Crippen molar-refractivity contribution >= 4 is 82.1 Å². The van der Waals surface area contributed by atoms with Crippen LogP contribution in [0, 0.1) is 0 Å². The number of nitrogens with zero attached hydrogens (tertiary/aromatic N) is 2. The molecule has 7 aromatic carbocycles. The summed E-state index contributed by atoms with van der Waals surface area (Å²) >= 11 is 7.45. The molecule has 7 aromatic rings. The fraction of sp³-hybridized carbons (Fsp3) is 0.300. The smallest absolute Gasteiger partial charge is 0.252 e. The van der Waals surface area contributed by atoms with Crippen LogP contribution in [0.5, 0.6) is 0 Å². The molecule has 0 unspecified atom stereocenters. The summed E-state index contributed by atoms with van der Waals surface area (Å²) in [7, 11) is -1.46. The predicted octanol–water partition coefficient (Wildman–Crippen LogP) is 14.9. The quantitative estimate of drug-likeness (QED) is 0.154. The van der Waals surface area contributed by atoms with E-state index in [4.69, 9.17) is 11.6 Å². The largest absolute Gasteiger partial charge is 0.311 e. The van der Waals surface area contributed by atoms with E-state index in [2.05, 4.69) is 251 Å². The van der Waals surface area contributed by atoms with E-state index in [1.165, 1.54) is 71.9 Å². The molecule has 2 aliphatic rings. The Bertz CT molecular complexity index is 2940. The van der Waals surface area contributed by atoms with E-state index in [9.17, 15) is 0 Å². The van der Waals surface area contributed by atoms with Gasteiger partial charge in [0.1, 0.15) is 0 Å². The molecule has 0 spiro atoms.